The van der Waals surface area contributed by atoms with Gasteiger partial charge in [0, 0.05) is 24.2 Å². The summed E-state index contributed by atoms with van der Waals surface area (Å²) in [5, 5.41) is 10.5. The van der Waals surface area contributed by atoms with Gasteiger partial charge < -0.3 is 14.7 Å². The van der Waals surface area contributed by atoms with E-state index < -0.39 is 17.0 Å². The predicted octanol–water partition coefficient (Wildman–Crippen LogP) is 2.60. The molecule has 0 bridgehead atoms. The lowest BCUT2D eigenvalue weighted by Crippen LogP contribution is -2.73. The van der Waals surface area contributed by atoms with Crippen LogP contribution in [0.1, 0.15) is 73.6 Å². The molecule has 1 spiro atoms. The number of carbonyl (C=O) groups excluding carboxylic acids is 2. The number of ether oxygens (including phenoxy) is 2. The van der Waals surface area contributed by atoms with Crippen LogP contribution in [0.3, 0.4) is 0 Å². The van der Waals surface area contributed by atoms with Gasteiger partial charge in [0.2, 0.25) is 0 Å². The summed E-state index contributed by atoms with van der Waals surface area (Å²) in [6, 6.07) is 0. The first-order valence-corrected chi connectivity index (χ1v) is 9.84. The van der Waals surface area contributed by atoms with E-state index in [0.29, 0.717) is 25.9 Å². The van der Waals surface area contributed by atoms with Gasteiger partial charge in [-0.25, -0.2) is 0 Å². The zero-order valence-corrected chi connectivity index (χ0v) is 17.2. The van der Waals surface area contributed by atoms with E-state index in [1.165, 1.54) is 0 Å². The molecule has 0 aromatic carbocycles. The van der Waals surface area contributed by atoms with Gasteiger partial charge in [-0.05, 0) is 33.1 Å². The molecule has 0 saturated carbocycles. The number of nitrogens with zero attached hydrogens (tertiary/aromatic N) is 1. The second kappa shape index (κ2) is 7.30. The molecule has 2 rings (SSSR count). The highest BCUT2D eigenvalue weighted by Crippen LogP contribution is 2.53. The van der Waals surface area contributed by atoms with Gasteiger partial charge in [0.15, 0.2) is 17.9 Å². The van der Waals surface area contributed by atoms with Gasteiger partial charge in [-0.1, -0.05) is 32.8 Å². The molecule has 3 atom stereocenters. The summed E-state index contributed by atoms with van der Waals surface area (Å²) in [6.07, 6.45) is 3.55. The second-order valence-electron chi connectivity index (χ2n) is 8.80. The molecule has 26 heavy (non-hydrogen) atoms. The molecule has 150 valence electrons. The summed E-state index contributed by atoms with van der Waals surface area (Å²) in [5.41, 5.74) is -1.15. The van der Waals surface area contributed by atoms with Gasteiger partial charge in [-0.2, -0.15) is 0 Å². The monoisotopic (exact) mass is 370 g/mol. The Balaban J connectivity index is 2.32. The Labute approximate surface area is 157 Å². The number of Topliss-reactive ketones (excluding diaryl/α,β-unsaturated/α-hetero) is 1. The van der Waals surface area contributed by atoms with Crippen LogP contribution in [0.5, 0.6) is 0 Å². The molecular formula is C20H36NO5+. The molecule has 0 amide bonds. The Morgan fingerprint density at radius 2 is 1.73 bits per heavy atom. The average Bonchev–Trinajstić information content (AvgIpc) is 2.66. The first-order chi connectivity index (χ1) is 12.1. The van der Waals surface area contributed by atoms with Crippen LogP contribution in [0.25, 0.3) is 0 Å². The highest BCUT2D eigenvalue weighted by Gasteiger charge is 2.65. The van der Waals surface area contributed by atoms with Gasteiger partial charge in [-0.3, -0.25) is 9.59 Å². The number of ketones is 1. The predicted molar refractivity (Wildman–Crippen MR) is 99.7 cm³/mol. The smallest absolute Gasteiger partial charge is 0.195 e. The van der Waals surface area contributed by atoms with E-state index in [4.69, 9.17) is 14.7 Å². The Kier molecular flexibility index (Phi) is 6.03. The maximum Gasteiger partial charge on any atom is 0.195 e. The van der Waals surface area contributed by atoms with Crippen molar-refractivity contribution in [2.45, 2.75) is 90.5 Å². The average molecular weight is 371 g/mol. The molecule has 2 fully saturated rings. The summed E-state index contributed by atoms with van der Waals surface area (Å²) in [4.78, 5) is 22.5. The van der Waals surface area contributed by atoms with Crippen molar-refractivity contribution >= 4 is 12.1 Å². The largest absolute Gasteiger partial charge is 0.349 e. The fourth-order valence-corrected chi connectivity index (χ4v) is 4.62. The van der Waals surface area contributed by atoms with E-state index in [-0.39, 0.29) is 23.4 Å². The third kappa shape index (κ3) is 3.26. The van der Waals surface area contributed by atoms with Crippen LogP contribution in [0.2, 0.25) is 0 Å². The highest BCUT2D eigenvalue weighted by atomic mass is 16.7. The van der Waals surface area contributed by atoms with E-state index >= 15 is 0 Å². The number of rotatable bonds is 6. The number of carbonyl (C=O) groups is 2. The third-order valence-electron chi connectivity index (χ3n) is 7.42. The van der Waals surface area contributed by atoms with Gasteiger partial charge in [0.1, 0.15) is 0 Å². The Morgan fingerprint density at radius 3 is 2.15 bits per heavy atom. The standard InChI is InChI=1S/C20H35NO5/c1-7-17(5)12-20(15(4)18(6,8-2)21(17)24)25-13-19(9-3,14-26-20)10-16(23)11-22/h11,15,24H,7-10,12-14H2,1-6H3/p+1. The maximum absolute atomic E-state index is 11.7. The highest BCUT2D eigenvalue weighted by molar-refractivity contribution is 6.25. The minimum absolute atomic E-state index is 0.00811. The first-order valence-electron chi connectivity index (χ1n) is 9.84. The van der Waals surface area contributed by atoms with Gasteiger partial charge in [0.05, 0.1) is 24.3 Å². The van der Waals surface area contributed by atoms with Crippen LogP contribution in [0.4, 0.5) is 0 Å². The number of hydroxylamine groups is 2. The Hall–Kier alpha value is -0.820. The zero-order valence-electron chi connectivity index (χ0n) is 17.2. The van der Waals surface area contributed by atoms with E-state index in [0.717, 1.165) is 19.3 Å². The number of aldehydes is 1. The molecule has 0 radical (unpaired) electrons. The van der Waals surface area contributed by atoms with E-state index in [9.17, 15) is 9.59 Å². The van der Waals surface area contributed by atoms with E-state index in [1.807, 2.05) is 6.92 Å². The molecule has 6 nitrogen and oxygen atoms in total. The van der Waals surface area contributed by atoms with Gasteiger partial charge >= 0.3 is 0 Å². The molecular weight excluding hydrogens is 334 g/mol. The summed E-state index contributed by atoms with van der Waals surface area (Å²) >= 11 is 0. The fraction of sp³-hybridized carbons (Fsp3) is 0.900. The van der Waals surface area contributed by atoms with E-state index in [1.54, 1.807) is 5.06 Å². The van der Waals surface area contributed by atoms with Crippen LogP contribution >= 0.6 is 0 Å². The molecule has 3 unspecified atom stereocenters. The number of hydrogen-bond donors (Lipinski definition) is 0. The van der Waals surface area contributed by atoms with Crippen molar-refractivity contribution in [3.05, 3.63) is 0 Å². The maximum atomic E-state index is 11.7. The van der Waals surface area contributed by atoms with Crippen molar-refractivity contribution in [1.82, 2.24) is 5.06 Å². The summed E-state index contributed by atoms with van der Waals surface area (Å²) < 4.78 is 12.8. The lowest BCUT2D eigenvalue weighted by Gasteiger charge is -2.61. The van der Waals surface area contributed by atoms with Crippen molar-refractivity contribution in [2.75, 3.05) is 13.2 Å². The third-order valence-corrected chi connectivity index (χ3v) is 7.42. The van der Waals surface area contributed by atoms with Crippen molar-refractivity contribution in [3.8, 4) is 0 Å². The quantitative estimate of drug-likeness (QED) is 0.408. The lowest BCUT2D eigenvalue weighted by molar-refractivity contribution is -0.401. The minimum atomic E-state index is -0.754. The van der Waals surface area contributed by atoms with Crippen molar-refractivity contribution in [3.63, 3.8) is 0 Å². The first kappa shape index (κ1) is 21.5. The summed E-state index contributed by atoms with van der Waals surface area (Å²) in [7, 11) is 0. The topological polar surface area (TPSA) is 78.7 Å². The molecule has 0 aliphatic carbocycles. The molecule has 2 aliphatic heterocycles. The van der Waals surface area contributed by atoms with Crippen molar-refractivity contribution in [2.24, 2.45) is 11.3 Å². The minimum Gasteiger partial charge on any atom is -0.349 e. The van der Waals surface area contributed by atoms with Crippen LogP contribution < -0.4 is 0 Å². The van der Waals surface area contributed by atoms with Crippen molar-refractivity contribution in [1.29, 1.82) is 0 Å². The normalized spacial score (nSPS) is 44.2. The molecule has 2 heterocycles. The van der Waals surface area contributed by atoms with Gasteiger partial charge in [-0.15, -0.1) is 0 Å². The van der Waals surface area contributed by atoms with E-state index in [2.05, 4.69) is 34.6 Å². The molecule has 0 aromatic rings. The van der Waals surface area contributed by atoms with Crippen LogP contribution in [-0.4, -0.2) is 52.4 Å². The molecule has 2 aliphatic rings. The number of piperidine rings is 1. The summed E-state index contributed by atoms with van der Waals surface area (Å²) in [6.45, 7) is 13.4. The number of hydrogen-bond acceptors (Lipinski definition) is 5. The summed E-state index contributed by atoms with van der Waals surface area (Å²) in [5.74, 6) is -1.15. The molecule has 6 heteroatoms. The van der Waals surface area contributed by atoms with Gasteiger partial charge in [0.25, 0.3) is 0 Å². The van der Waals surface area contributed by atoms with Crippen LogP contribution in [0.15, 0.2) is 0 Å². The Morgan fingerprint density at radius 1 is 1.15 bits per heavy atom. The SMILES string of the molecule is CCC1(CC(=O)C=O)COC2(CC(C)(CC)N([OH2+])C(C)(CC)C2C)OC1. The molecule has 2 saturated heterocycles. The zero-order chi connectivity index (χ0) is 19.8. The fourth-order valence-electron chi connectivity index (χ4n) is 4.62. The second-order valence-corrected chi connectivity index (χ2v) is 8.80. The van der Waals surface area contributed by atoms with Crippen molar-refractivity contribution < 1.29 is 24.3 Å². The molecule has 2 N–H and O–H groups in total. The van der Waals surface area contributed by atoms with Crippen LogP contribution in [-0.2, 0) is 19.1 Å². The molecule has 0 aromatic heterocycles. The van der Waals surface area contributed by atoms with Crippen LogP contribution in [0, 0.1) is 11.3 Å². The Bertz CT molecular complexity index is 542. The lowest BCUT2D eigenvalue weighted by atomic mass is 9.66.